The molecule has 0 bridgehead atoms. The summed E-state index contributed by atoms with van der Waals surface area (Å²) in [6, 6.07) is 0. The number of aliphatic hydroxyl groups excluding tert-OH is 7. The van der Waals surface area contributed by atoms with Crippen LogP contribution in [0.4, 0.5) is 0 Å². The SMILES string of the molecule is CCCCCCCCCCCCC(CCCCC)OC[C@H]1O[C@H](O[C@]2(CO)O[C@H](CO)[C@@H](O)[C@@H]2O)[C@H](O)[C@@H](O)[C@@H]1O. The lowest BCUT2D eigenvalue weighted by Crippen LogP contribution is -2.63. The van der Waals surface area contributed by atoms with E-state index in [4.69, 9.17) is 18.9 Å². The van der Waals surface area contributed by atoms with E-state index in [1.807, 2.05) is 0 Å². The van der Waals surface area contributed by atoms with E-state index in [1.54, 1.807) is 0 Å². The van der Waals surface area contributed by atoms with Crippen LogP contribution >= 0.6 is 0 Å². The third-order valence-electron chi connectivity index (χ3n) is 8.40. The molecule has 41 heavy (non-hydrogen) atoms. The van der Waals surface area contributed by atoms with Crippen LogP contribution in [0.15, 0.2) is 0 Å². The predicted molar refractivity (Wildman–Crippen MR) is 152 cm³/mol. The monoisotopic (exact) mass is 594 g/mol. The van der Waals surface area contributed by atoms with Gasteiger partial charge in [-0.1, -0.05) is 97.3 Å². The van der Waals surface area contributed by atoms with Crippen molar-refractivity contribution in [3.63, 3.8) is 0 Å². The van der Waals surface area contributed by atoms with E-state index >= 15 is 0 Å². The second-order valence-electron chi connectivity index (χ2n) is 11.8. The smallest absolute Gasteiger partial charge is 0.224 e. The van der Waals surface area contributed by atoms with Crippen molar-refractivity contribution in [2.24, 2.45) is 0 Å². The van der Waals surface area contributed by atoms with Gasteiger partial charge in [-0.2, -0.15) is 0 Å². The number of hydrogen-bond acceptors (Lipinski definition) is 11. The molecular weight excluding hydrogens is 536 g/mol. The van der Waals surface area contributed by atoms with Gasteiger partial charge in [0.2, 0.25) is 5.79 Å². The number of unbranched alkanes of at least 4 members (excludes halogenated alkanes) is 11. The quantitative estimate of drug-likeness (QED) is 0.0910. The van der Waals surface area contributed by atoms with Crippen LogP contribution in [0.25, 0.3) is 0 Å². The molecule has 0 saturated carbocycles. The van der Waals surface area contributed by atoms with Gasteiger partial charge in [0, 0.05) is 0 Å². The maximum absolute atomic E-state index is 10.6. The summed E-state index contributed by atoms with van der Waals surface area (Å²) < 4.78 is 22.9. The Morgan fingerprint density at radius 2 is 1.20 bits per heavy atom. The Hall–Kier alpha value is -0.440. The second kappa shape index (κ2) is 19.8. The van der Waals surface area contributed by atoms with E-state index < -0.39 is 68.0 Å². The zero-order valence-electron chi connectivity index (χ0n) is 25.2. The lowest BCUT2D eigenvalue weighted by Gasteiger charge is -2.43. The van der Waals surface area contributed by atoms with Gasteiger partial charge in [-0.05, 0) is 12.8 Å². The summed E-state index contributed by atoms with van der Waals surface area (Å²) >= 11 is 0. The van der Waals surface area contributed by atoms with Crippen LogP contribution in [-0.2, 0) is 18.9 Å². The second-order valence-corrected chi connectivity index (χ2v) is 11.8. The molecule has 11 heteroatoms. The van der Waals surface area contributed by atoms with Crippen LogP contribution in [0.1, 0.15) is 110 Å². The molecule has 244 valence electrons. The molecular formula is C30H58O11. The van der Waals surface area contributed by atoms with E-state index in [1.165, 1.54) is 51.4 Å². The maximum atomic E-state index is 10.6. The van der Waals surface area contributed by atoms with Gasteiger partial charge in [-0.3, -0.25) is 0 Å². The highest BCUT2D eigenvalue weighted by molar-refractivity contribution is 4.98. The highest BCUT2D eigenvalue weighted by Gasteiger charge is 2.58. The minimum Gasteiger partial charge on any atom is -0.394 e. The summed E-state index contributed by atoms with van der Waals surface area (Å²) in [5, 5.41) is 71.5. The first-order chi connectivity index (χ1) is 19.7. The molecule has 2 rings (SSSR count). The fourth-order valence-electron chi connectivity index (χ4n) is 5.64. The van der Waals surface area contributed by atoms with Crippen molar-refractivity contribution in [1.29, 1.82) is 0 Å². The van der Waals surface area contributed by atoms with Gasteiger partial charge < -0.3 is 54.7 Å². The van der Waals surface area contributed by atoms with E-state index in [0.717, 1.165) is 44.9 Å². The van der Waals surface area contributed by atoms with Crippen LogP contribution in [0.3, 0.4) is 0 Å². The highest BCUT2D eigenvalue weighted by atomic mass is 16.8. The average Bonchev–Trinajstić information content (AvgIpc) is 3.22. The summed E-state index contributed by atoms with van der Waals surface area (Å²) in [7, 11) is 0. The standard InChI is InChI=1S/C30H58O11/c1-3-5-7-8-9-10-11-12-13-15-17-21(16-14-6-4-2)38-19-23-24(33)26(35)27(36)29(39-23)41-30(20-32)28(37)25(34)22(18-31)40-30/h21-29,31-37H,3-20H2,1-2H3/t21?,22-,23-,24-,25-,26+,27-,28+,29-,30+/m1/s1. The van der Waals surface area contributed by atoms with Crippen LogP contribution < -0.4 is 0 Å². The lowest BCUT2D eigenvalue weighted by molar-refractivity contribution is -0.384. The van der Waals surface area contributed by atoms with E-state index in [-0.39, 0.29) is 12.7 Å². The Labute approximate surface area is 245 Å². The fourth-order valence-corrected chi connectivity index (χ4v) is 5.64. The van der Waals surface area contributed by atoms with Gasteiger partial charge in [0.15, 0.2) is 6.29 Å². The molecule has 0 amide bonds. The van der Waals surface area contributed by atoms with Crippen molar-refractivity contribution < 1.29 is 54.7 Å². The minimum atomic E-state index is -2.20. The van der Waals surface area contributed by atoms with Gasteiger partial charge >= 0.3 is 0 Å². The zero-order valence-corrected chi connectivity index (χ0v) is 25.2. The largest absolute Gasteiger partial charge is 0.394 e. The van der Waals surface area contributed by atoms with Crippen molar-refractivity contribution in [2.45, 2.75) is 171 Å². The number of rotatable bonds is 22. The van der Waals surface area contributed by atoms with Crippen molar-refractivity contribution in [3.05, 3.63) is 0 Å². The first kappa shape index (κ1) is 36.8. The molecule has 2 heterocycles. The molecule has 2 saturated heterocycles. The Kier molecular flexibility index (Phi) is 17.7. The molecule has 10 atom stereocenters. The Balaban J connectivity index is 1.88. The van der Waals surface area contributed by atoms with Gasteiger partial charge in [-0.15, -0.1) is 0 Å². The van der Waals surface area contributed by atoms with Gasteiger partial charge in [-0.25, -0.2) is 0 Å². The Morgan fingerprint density at radius 1 is 0.659 bits per heavy atom. The highest BCUT2D eigenvalue weighted by Crippen LogP contribution is 2.36. The summed E-state index contributed by atoms with van der Waals surface area (Å²) in [5.74, 6) is -2.20. The molecule has 0 aromatic heterocycles. The van der Waals surface area contributed by atoms with Gasteiger partial charge in [0.05, 0.1) is 19.3 Å². The average molecular weight is 595 g/mol. The molecule has 2 aliphatic heterocycles. The molecule has 0 aromatic rings. The maximum Gasteiger partial charge on any atom is 0.224 e. The molecule has 0 aromatic carbocycles. The molecule has 11 nitrogen and oxygen atoms in total. The molecule has 0 spiro atoms. The van der Waals surface area contributed by atoms with E-state index in [0.29, 0.717) is 0 Å². The minimum absolute atomic E-state index is 0.0426. The first-order valence-electron chi connectivity index (χ1n) is 16.0. The van der Waals surface area contributed by atoms with Crippen molar-refractivity contribution >= 4 is 0 Å². The molecule has 0 radical (unpaired) electrons. The third kappa shape index (κ3) is 11.2. The Morgan fingerprint density at radius 3 is 1.73 bits per heavy atom. The topological polar surface area (TPSA) is 179 Å². The van der Waals surface area contributed by atoms with Crippen LogP contribution in [-0.4, -0.2) is 116 Å². The molecule has 7 N–H and O–H groups in total. The first-order valence-corrected chi connectivity index (χ1v) is 16.0. The van der Waals surface area contributed by atoms with E-state index in [2.05, 4.69) is 13.8 Å². The van der Waals surface area contributed by atoms with E-state index in [9.17, 15) is 35.7 Å². The lowest BCUT2D eigenvalue weighted by atomic mass is 9.98. The molecule has 0 aliphatic carbocycles. The number of hydrogen-bond donors (Lipinski definition) is 7. The van der Waals surface area contributed by atoms with Gasteiger partial charge in [0.1, 0.15) is 49.3 Å². The molecule has 2 aliphatic rings. The van der Waals surface area contributed by atoms with Crippen molar-refractivity contribution in [2.75, 3.05) is 19.8 Å². The number of aliphatic hydroxyl groups is 7. The number of ether oxygens (including phenoxy) is 4. The van der Waals surface area contributed by atoms with Crippen LogP contribution in [0.2, 0.25) is 0 Å². The molecule has 2 fully saturated rings. The van der Waals surface area contributed by atoms with Crippen LogP contribution in [0.5, 0.6) is 0 Å². The van der Waals surface area contributed by atoms with Gasteiger partial charge in [0.25, 0.3) is 0 Å². The Bertz CT molecular complexity index is 670. The normalized spacial score (nSPS) is 34.8. The summed E-state index contributed by atoms with van der Waals surface area (Å²) in [6.45, 7) is 2.75. The third-order valence-corrected chi connectivity index (χ3v) is 8.40. The van der Waals surface area contributed by atoms with Crippen molar-refractivity contribution in [1.82, 2.24) is 0 Å². The summed E-state index contributed by atoms with van der Waals surface area (Å²) in [6.07, 6.45) is 5.29. The van der Waals surface area contributed by atoms with Crippen molar-refractivity contribution in [3.8, 4) is 0 Å². The molecule has 1 unspecified atom stereocenters. The fraction of sp³-hybridized carbons (Fsp3) is 1.00. The zero-order chi connectivity index (χ0) is 30.3. The predicted octanol–water partition coefficient (Wildman–Crippen LogP) is 1.89. The summed E-state index contributed by atoms with van der Waals surface area (Å²) in [4.78, 5) is 0. The summed E-state index contributed by atoms with van der Waals surface area (Å²) in [5.41, 5.74) is 0. The van der Waals surface area contributed by atoms with Crippen LogP contribution in [0, 0.1) is 0 Å².